The summed E-state index contributed by atoms with van der Waals surface area (Å²) >= 11 is 2.93. The van der Waals surface area contributed by atoms with E-state index >= 15 is 0 Å². The van der Waals surface area contributed by atoms with Gasteiger partial charge in [-0.05, 0) is 32.0 Å². The molecular weight excluding hydrogens is 460 g/mol. The van der Waals surface area contributed by atoms with Gasteiger partial charge in [0.25, 0.3) is 0 Å². The SMILES string of the molecule is Cc1cc(Oc2cc(SC(C)c3ccccn3)cnc2Nc2nc(C(O)CO)cs2)n(C)n1. The van der Waals surface area contributed by atoms with Gasteiger partial charge in [-0.2, -0.15) is 5.10 Å². The topological polar surface area (TPSA) is 118 Å². The monoisotopic (exact) mass is 484 g/mol. The Labute approximate surface area is 199 Å². The molecule has 172 valence electrons. The average Bonchev–Trinajstić information content (AvgIpc) is 3.41. The van der Waals surface area contributed by atoms with E-state index < -0.39 is 12.7 Å². The number of hydrogen-bond acceptors (Lipinski definition) is 10. The Balaban J connectivity index is 1.62. The molecule has 4 aromatic rings. The largest absolute Gasteiger partial charge is 0.435 e. The number of nitrogens with zero attached hydrogens (tertiary/aromatic N) is 5. The molecule has 0 saturated heterocycles. The van der Waals surface area contributed by atoms with Crippen molar-refractivity contribution < 1.29 is 14.9 Å². The summed E-state index contributed by atoms with van der Waals surface area (Å²) in [5, 5.41) is 28.8. The van der Waals surface area contributed by atoms with E-state index in [0.717, 1.165) is 16.3 Å². The van der Waals surface area contributed by atoms with Gasteiger partial charge in [-0.25, -0.2) is 14.6 Å². The van der Waals surface area contributed by atoms with Gasteiger partial charge in [0, 0.05) is 41.0 Å². The first-order valence-corrected chi connectivity index (χ1v) is 12.0. The number of aliphatic hydroxyl groups excluding tert-OH is 2. The molecule has 2 unspecified atom stereocenters. The van der Waals surface area contributed by atoms with E-state index in [1.165, 1.54) is 11.3 Å². The molecule has 0 spiro atoms. The molecule has 0 saturated carbocycles. The van der Waals surface area contributed by atoms with Crippen molar-refractivity contribution in [2.24, 2.45) is 7.05 Å². The van der Waals surface area contributed by atoms with Crippen LogP contribution in [0.5, 0.6) is 11.6 Å². The minimum absolute atomic E-state index is 0.125. The van der Waals surface area contributed by atoms with Crippen LogP contribution in [0.4, 0.5) is 10.9 Å². The number of aliphatic hydroxyl groups is 2. The van der Waals surface area contributed by atoms with E-state index in [4.69, 9.17) is 9.84 Å². The molecule has 0 aromatic carbocycles. The van der Waals surface area contributed by atoms with Crippen LogP contribution in [0.25, 0.3) is 0 Å². The summed E-state index contributed by atoms with van der Waals surface area (Å²) in [5.74, 6) is 1.56. The number of thiazole rings is 1. The summed E-state index contributed by atoms with van der Waals surface area (Å²) in [5.41, 5.74) is 2.21. The van der Waals surface area contributed by atoms with E-state index in [9.17, 15) is 5.11 Å². The van der Waals surface area contributed by atoms with Gasteiger partial charge in [0.1, 0.15) is 6.10 Å². The Hall–Kier alpha value is -2.99. The Morgan fingerprint density at radius 2 is 2.09 bits per heavy atom. The summed E-state index contributed by atoms with van der Waals surface area (Å²) in [6, 6.07) is 9.63. The fraction of sp³-hybridized carbons (Fsp3) is 0.273. The first-order chi connectivity index (χ1) is 15.9. The van der Waals surface area contributed by atoms with Gasteiger partial charge >= 0.3 is 0 Å². The number of pyridine rings is 2. The van der Waals surface area contributed by atoms with Crippen LogP contribution in [0.3, 0.4) is 0 Å². The summed E-state index contributed by atoms with van der Waals surface area (Å²) < 4.78 is 7.83. The molecule has 0 amide bonds. The third-order valence-corrected chi connectivity index (χ3v) is 6.55. The van der Waals surface area contributed by atoms with E-state index in [1.54, 1.807) is 34.2 Å². The van der Waals surface area contributed by atoms with Crippen LogP contribution in [-0.4, -0.2) is 41.6 Å². The molecule has 0 aliphatic heterocycles. The van der Waals surface area contributed by atoms with E-state index in [0.29, 0.717) is 28.3 Å². The molecule has 4 rings (SSSR count). The fourth-order valence-electron chi connectivity index (χ4n) is 3.03. The van der Waals surface area contributed by atoms with Crippen molar-refractivity contribution in [3.63, 3.8) is 0 Å². The van der Waals surface area contributed by atoms with Crippen molar-refractivity contribution >= 4 is 34.0 Å². The van der Waals surface area contributed by atoms with Crippen LogP contribution >= 0.6 is 23.1 Å². The Bertz CT molecular complexity index is 1210. The van der Waals surface area contributed by atoms with Gasteiger partial charge in [0.05, 0.1) is 23.7 Å². The summed E-state index contributed by atoms with van der Waals surface area (Å²) in [7, 11) is 1.81. The van der Waals surface area contributed by atoms with Gasteiger partial charge in [-0.1, -0.05) is 6.07 Å². The van der Waals surface area contributed by atoms with Crippen LogP contribution < -0.4 is 10.1 Å². The van der Waals surface area contributed by atoms with Crippen molar-refractivity contribution in [1.82, 2.24) is 24.7 Å². The first kappa shape index (κ1) is 23.2. The standard InChI is InChI=1S/C22H24N6O3S2/c1-13-8-20(28(3)27-13)31-19-9-15(33-14(2)16-6-4-5-7-23-16)10-24-21(19)26-22-25-17(12-32-22)18(30)11-29/h4-10,12,14,18,29-30H,11H2,1-3H3,(H,24,25,26). The van der Waals surface area contributed by atoms with Crippen LogP contribution in [-0.2, 0) is 7.05 Å². The summed E-state index contributed by atoms with van der Waals surface area (Å²) in [6.45, 7) is 3.60. The predicted octanol–water partition coefficient (Wildman–Crippen LogP) is 4.39. The Morgan fingerprint density at radius 3 is 2.79 bits per heavy atom. The maximum atomic E-state index is 9.81. The molecular formula is C22H24N6O3S2. The van der Waals surface area contributed by atoms with E-state index in [-0.39, 0.29) is 5.25 Å². The number of aryl methyl sites for hydroxylation is 2. The quantitative estimate of drug-likeness (QED) is 0.297. The highest BCUT2D eigenvalue weighted by Crippen LogP contribution is 2.39. The minimum Gasteiger partial charge on any atom is -0.435 e. The molecule has 0 fully saturated rings. The van der Waals surface area contributed by atoms with E-state index in [2.05, 4.69) is 32.3 Å². The van der Waals surface area contributed by atoms with Crippen LogP contribution in [0.2, 0.25) is 0 Å². The number of rotatable bonds is 9. The van der Waals surface area contributed by atoms with Crippen molar-refractivity contribution in [3.8, 4) is 11.6 Å². The molecule has 0 radical (unpaired) electrons. The highest BCUT2D eigenvalue weighted by molar-refractivity contribution is 7.99. The molecule has 2 atom stereocenters. The van der Waals surface area contributed by atoms with Gasteiger partial charge in [0.2, 0.25) is 5.88 Å². The third-order valence-electron chi connectivity index (χ3n) is 4.68. The molecule has 0 aliphatic rings. The van der Waals surface area contributed by atoms with E-state index in [1.807, 2.05) is 44.3 Å². The van der Waals surface area contributed by atoms with Crippen LogP contribution in [0.1, 0.15) is 35.4 Å². The smallest absolute Gasteiger partial charge is 0.217 e. The second kappa shape index (κ2) is 10.3. The van der Waals surface area contributed by atoms with Crippen molar-refractivity contribution in [1.29, 1.82) is 0 Å². The lowest BCUT2D eigenvalue weighted by Gasteiger charge is -2.14. The average molecular weight is 485 g/mol. The zero-order chi connectivity index (χ0) is 23.4. The lowest BCUT2D eigenvalue weighted by molar-refractivity contribution is 0.0928. The molecule has 9 nitrogen and oxygen atoms in total. The van der Waals surface area contributed by atoms with Crippen molar-refractivity contribution in [2.75, 3.05) is 11.9 Å². The minimum atomic E-state index is -1.02. The zero-order valence-corrected chi connectivity index (χ0v) is 20.0. The highest BCUT2D eigenvalue weighted by Gasteiger charge is 2.17. The molecule has 4 heterocycles. The number of hydrogen-bond donors (Lipinski definition) is 3. The number of anilines is 2. The number of thioether (sulfide) groups is 1. The maximum Gasteiger partial charge on any atom is 0.217 e. The highest BCUT2D eigenvalue weighted by atomic mass is 32.2. The second-order valence-electron chi connectivity index (χ2n) is 7.28. The second-order valence-corrected chi connectivity index (χ2v) is 9.56. The number of nitrogens with one attached hydrogen (secondary N) is 1. The fourth-order valence-corrected chi connectivity index (χ4v) is 4.74. The van der Waals surface area contributed by atoms with Gasteiger partial charge in [0.15, 0.2) is 16.7 Å². The molecule has 0 bridgehead atoms. The summed E-state index contributed by atoms with van der Waals surface area (Å²) in [6.07, 6.45) is 2.53. The van der Waals surface area contributed by atoms with Crippen LogP contribution in [0, 0.1) is 6.92 Å². The van der Waals surface area contributed by atoms with Crippen LogP contribution in [0.15, 0.2) is 53.0 Å². The molecule has 4 aromatic heterocycles. The number of aromatic nitrogens is 5. The lowest BCUT2D eigenvalue weighted by Crippen LogP contribution is -2.03. The molecule has 0 aliphatic carbocycles. The van der Waals surface area contributed by atoms with Gasteiger partial charge < -0.3 is 20.3 Å². The Kier molecular flexibility index (Phi) is 7.23. The normalized spacial score (nSPS) is 13.0. The lowest BCUT2D eigenvalue weighted by atomic mass is 10.3. The number of ether oxygens (including phenoxy) is 1. The molecule has 11 heteroatoms. The molecule has 3 N–H and O–H groups in total. The first-order valence-electron chi connectivity index (χ1n) is 10.2. The maximum absolute atomic E-state index is 9.81. The predicted molar refractivity (Wildman–Crippen MR) is 128 cm³/mol. The van der Waals surface area contributed by atoms with Crippen molar-refractivity contribution in [3.05, 3.63) is 65.2 Å². The van der Waals surface area contributed by atoms with Gasteiger partial charge in [-0.15, -0.1) is 23.1 Å². The summed E-state index contributed by atoms with van der Waals surface area (Å²) in [4.78, 5) is 14.3. The Morgan fingerprint density at radius 1 is 1.24 bits per heavy atom. The van der Waals surface area contributed by atoms with Crippen molar-refractivity contribution in [2.45, 2.75) is 30.1 Å². The zero-order valence-electron chi connectivity index (χ0n) is 18.3. The third kappa shape index (κ3) is 5.69. The van der Waals surface area contributed by atoms with Gasteiger partial charge in [-0.3, -0.25) is 4.98 Å². The molecule has 33 heavy (non-hydrogen) atoms.